The fourth-order valence-electron chi connectivity index (χ4n) is 10.8. The normalized spacial score (nSPS) is 22.9. The Bertz CT molecular complexity index is 2490. The van der Waals surface area contributed by atoms with Gasteiger partial charge >= 0.3 is 5.69 Å². The quantitative estimate of drug-likeness (QED) is 0.195. The maximum Gasteiger partial charge on any atom is 0.329 e. The number of aromatic amines is 2. The molecule has 0 saturated carbocycles. The Balaban J connectivity index is 0.762. The second-order valence-corrected chi connectivity index (χ2v) is 18.4. The van der Waals surface area contributed by atoms with E-state index < -0.39 is 11.9 Å². The predicted molar refractivity (Wildman–Crippen MR) is 220 cm³/mol. The first kappa shape index (κ1) is 36.2. The van der Waals surface area contributed by atoms with Crippen LogP contribution in [0.15, 0.2) is 47.3 Å². The zero-order valence-electron chi connectivity index (χ0n) is 33.3. The molecule has 1 spiro atoms. The highest BCUT2D eigenvalue weighted by Gasteiger charge is 2.48. The van der Waals surface area contributed by atoms with Crippen LogP contribution in [0.5, 0.6) is 0 Å². The van der Waals surface area contributed by atoms with Gasteiger partial charge in [-0.15, -0.1) is 0 Å². The summed E-state index contributed by atoms with van der Waals surface area (Å²) in [5.74, 6) is 0.140. The molecule has 1 aliphatic carbocycles. The maximum atomic E-state index is 14.2. The van der Waals surface area contributed by atoms with Gasteiger partial charge in [0.15, 0.2) is 0 Å². The van der Waals surface area contributed by atoms with Crippen molar-refractivity contribution < 1.29 is 14.4 Å². The lowest BCUT2D eigenvalue weighted by molar-refractivity contribution is -0.135. The van der Waals surface area contributed by atoms with E-state index in [4.69, 9.17) is 5.10 Å². The summed E-state index contributed by atoms with van der Waals surface area (Å²) in [5, 5.41) is 11.6. The van der Waals surface area contributed by atoms with Gasteiger partial charge in [0.2, 0.25) is 17.7 Å². The zero-order chi connectivity index (χ0) is 39.2. The summed E-state index contributed by atoms with van der Waals surface area (Å²) < 4.78 is 3.22. The molecule has 3 aromatic heterocycles. The number of imide groups is 1. The summed E-state index contributed by atoms with van der Waals surface area (Å²) in [5.41, 5.74) is 9.00. The van der Waals surface area contributed by atoms with Gasteiger partial charge < -0.3 is 19.7 Å². The minimum atomic E-state index is -0.694. The van der Waals surface area contributed by atoms with Gasteiger partial charge in [-0.05, 0) is 113 Å². The number of nitrogens with one attached hydrogen (secondary N) is 3. The first-order valence-corrected chi connectivity index (χ1v) is 21.0. The molecule has 5 aliphatic rings. The van der Waals surface area contributed by atoms with E-state index >= 15 is 0 Å². The van der Waals surface area contributed by atoms with Crippen molar-refractivity contribution in [1.29, 1.82) is 0 Å². The molecular weight excluding hydrogens is 719 g/mol. The van der Waals surface area contributed by atoms with Gasteiger partial charge in [-0.25, -0.2) is 4.79 Å². The summed E-state index contributed by atoms with van der Waals surface area (Å²) in [6, 6.07) is 13.8. The lowest BCUT2D eigenvalue weighted by Gasteiger charge is -2.41. The first-order chi connectivity index (χ1) is 27.5. The molecule has 7 heterocycles. The van der Waals surface area contributed by atoms with E-state index in [2.05, 4.69) is 69.4 Å². The van der Waals surface area contributed by atoms with Gasteiger partial charge in [-0.3, -0.25) is 33.9 Å². The van der Waals surface area contributed by atoms with Crippen LogP contribution in [0.1, 0.15) is 82.5 Å². The third-order valence-electron chi connectivity index (χ3n) is 14.2. The highest BCUT2D eigenvalue weighted by atomic mass is 16.2. The minimum Gasteiger partial charge on any atom is -0.370 e. The van der Waals surface area contributed by atoms with Gasteiger partial charge in [0.25, 0.3) is 0 Å². The second-order valence-electron chi connectivity index (χ2n) is 18.4. The van der Waals surface area contributed by atoms with Crippen molar-refractivity contribution in [2.24, 2.45) is 23.8 Å². The Hall–Kier alpha value is -5.17. The molecule has 13 heteroatoms. The third-order valence-corrected chi connectivity index (χ3v) is 14.2. The van der Waals surface area contributed by atoms with E-state index in [-0.39, 0.29) is 29.3 Å². The number of rotatable bonds is 6. The van der Waals surface area contributed by atoms with E-state index in [1.54, 1.807) is 16.2 Å². The van der Waals surface area contributed by atoms with Crippen LogP contribution in [0.4, 0.5) is 11.4 Å². The highest BCUT2D eigenvalue weighted by Crippen LogP contribution is 2.44. The van der Waals surface area contributed by atoms with Crippen LogP contribution in [0.25, 0.3) is 33.3 Å². The van der Waals surface area contributed by atoms with E-state index in [0.717, 1.165) is 135 Å². The van der Waals surface area contributed by atoms with Crippen LogP contribution < -0.4 is 20.8 Å². The van der Waals surface area contributed by atoms with Crippen molar-refractivity contribution in [1.82, 2.24) is 34.5 Å². The van der Waals surface area contributed by atoms with Gasteiger partial charge in [0, 0.05) is 67.5 Å². The van der Waals surface area contributed by atoms with E-state index in [1.807, 2.05) is 17.0 Å². The SMILES string of the molecule is Cn1c(=O)n(C2CCC(=O)NC2=O)c2cccc(N3CCC(CN4CCC5(CC4)CCN(c4ccc6cc(-c7n[nH]c8c7CCC(C)(C)C8)[nH]c6c4)C5=O)CC3)c21. The van der Waals surface area contributed by atoms with Gasteiger partial charge in [0.05, 0.1) is 27.8 Å². The predicted octanol–water partition coefficient (Wildman–Crippen LogP) is 5.44. The number of fused-ring (bicyclic) bond motifs is 3. The number of H-pyrrole nitrogens is 2. The van der Waals surface area contributed by atoms with E-state index in [0.29, 0.717) is 17.8 Å². The van der Waals surface area contributed by atoms with E-state index in [9.17, 15) is 19.2 Å². The molecule has 2 aromatic carbocycles. The number of anilines is 2. The number of likely N-dealkylation sites (tertiary alicyclic amines) is 1. The van der Waals surface area contributed by atoms with Crippen molar-refractivity contribution in [2.45, 2.75) is 84.1 Å². The molecular formula is C44H53N9O4. The molecule has 57 heavy (non-hydrogen) atoms. The highest BCUT2D eigenvalue weighted by molar-refractivity contribution is 6.02. The topological polar surface area (TPSA) is 144 Å². The number of hydrogen-bond acceptors (Lipinski definition) is 7. The average Bonchev–Trinajstić information content (AvgIpc) is 3.95. The van der Waals surface area contributed by atoms with Crippen LogP contribution in [0, 0.1) is 16.7 Å². The van der Waals surface area contributed by atoms with Crippen molar-refractivity contribution >= 4 is 51.0 Å². The number of para-hydroxylation sites is 1. The molecule has 4 fully saturated rings. The number of hydrogen-bond donors (Lipinski definition) is 3. The monoisotopic (exact) mass is 771 g/mol. The van der Waals surface area contributed by atoms with Crippen LogP contribution >= 0.6 is 0 Å². The number of imidazole rings is 1. The summed E-state index contributed by atoms with van der Waals surface area (Å²) in [6.45, 7) is 10.1. The van der Waals surface area contributed by atoms with Crippen molar-refractivity contribution in [2.75, 3.05) is 49.1 Å². The minimum absolute atomic E-state index is 0.222. The maximum absolute atomic E-state index is 14.2. The molecule has 3 amide bonds. The third kappa shape index (κ3) is 6.11. The molecule has 10 rings (SSSR count). The number of benzene rings is 2. The van der Waals surface area contributed by atoms with Gasteiger partial charge in [-0.2, -0.15) is 5.10 Å². The Morgan fingerprint density at radius 1 is 0.877 bits per heavy atom. The average molecular weight is 772 g/mol. The molecule has 4 aliphatic heterocycles. The molecule has 3 N–H and O–H groups in total. The fraction of sp³-hybridized carbons (Fsp3) is 0.523. The number of aromatic nitrogens is 5. The number of aryl methyl sites for hydroxylation is 1. The molecule has 1 atom stereocenters. The van der Waals surface area contributed by atoms with Crippen molar-refractivity contribution in [3.8, 4) is 11.4 Å². The Morgan fingerprint density at radius 2 is 1.67 bits per heavy atom. The van der Waals surface area contributed by atoms with Crippen LogP contribution in [-0.4, -0.2) is 86.2 Å². The summed E-state index contributed by atoms with van der Waals surface area (Å²) in [7, 11) is 1.77. The summed E-state index contributed by atoms with van der Waals surface area (Å²) in [4.78, 5) is 62.8. The first-order valence-electron chi connectivity index (χ1n) is 21.0. The summed E-state index contributed by atoms with van der Waals surface area (Å²) >= 11 is 0. The standard InChI is InChI=1S/C44H53N9O4/c1-43(2)14-11-30-33(25-43)47-48-38(30)32-23-28-7-8-29(24-31(28)45-32)52-22-17-44(41(52)56)15-20-50(21-16-44)26-27-12-18-51(19-13-27)34-5-4-6-35-39(34)49(3)42(57)53(35)36-9-10-37(54)46-40(36)55/h4-8,23-24,27,36,45H,9-22,25-26H2,1-3H3,(H,47,48)(H,46,54,55). The number of carbonyl (C=O) groups excluding carboxylic acids is 3. The van der Waals surface area contributed by atoms with Gasteiger partial charge in [0.1, 0.15) is 11.7 Å². The molecule has 4 saturated heterocycles. The number of piperidine rings is 3. The van der Waals surface area contributed by atoms with Crippen molar-refractivity contribution in [3.63, 3.8) is 0 Å². The number of amides is 3. The van der Waals surface area contributed by atoms with Crippen molar-refractivity contribution in [3.05, 3.63) is 64.2 Å². The molecule has 5 aromatic rings. The smallest absolute Gasteiger partial charge is 0.329 e. The van der Waals surface area contributed by atoms with E-state index in [1.165, 1.54) is 11.3 Å². The lowest BCUT2D eigenvalue weighted by Crippen LogP contribution is -2.47. The van der Waals surface area contributed by atoms with Crippen LogP contribution in [0.2, 0.25) is 0 Å². The Kier molecular flexibility index (Phi) is 8.55. The largest absolute Gasteiger partial charge is 0.370 e. The Morgan fingerprint density at radius 3 is 2.46 bits per heavy atom. The van der Waals surface area contributed by atoms with Gasteiger partial charge in [-0.1, -0.05) is 26.0 Å². The summed E-state index contributed by atoms with van der Waals surface area (Å²) in [6.07, 6.45) is 8.56. The van der Waals surface area contributed by atoms with Crippen LogP contribution in [-0.2, 0) is 34.3 Å². The number of carbonyl (C=O) groups is 3. The molecule has 0 radical (unpaired) electrons. The molecule has 0 bridgehead atoms. The molecule has 298 valence electrons. The van der Waals surface area contributed by atoms with Crippen LogP contribution in [0.3, 0.4) is 0 Å². The molecule has 1 unspecified atom stereocenters. The lowest BCUT2D eigenvalue weighted by atomic mass is 9.76. The Labute approximate surface area is 331 Å². The second kappa shape index (κ2) is 13.5. The fourth-order valence-corrected chi connectivity index (χ4v) is 10.8. The number of nitrogens with zero attached hydrogens (tertiary/aromatic N) is 6. The zero-order valence-corrected chi connectivity index (χ0v) is 33.3. The molecule has 13 nitrogen and oxygen atoms in total.